The summed E-state index contributed by atoms with van der Waals surface area (Å²) in [5.74, 6) is 0.890. The molecule has 0 amide bonds. The maximum absolute atomic E-state index is 5.59. The number of furan rings is 1. The third kappa shape index (κ3) is 2.40. The zero-order chi connectivity index (χ0) is 10.7. The van der Waals surface area contributed by atoms with Gasteiger partial charge in [0.2, 0.25) is 0 Å². The van der Waals surface area contributed by atoms with Gasteiger partial charge in [0.15, 0.2) is 0 Å². The Hall–Kier alpha value is -0.840. The van der Waals surface area contributed by atoms with Crippen LogP contribution in [-0.2, 0) is 17.8 Å². The molecule has 4 nitrogen and oxygen atoms in total. The van der Waals surface area contributed by atoms with E-state index in [0.29, 0.717) is 12.6 Å². The van der Waals surface area contributed by atoms with Crippen molar-refractivity contribution < 1.29 is 9.15 Å². The molecule has 1 saturated heterocycles. The van der Waals surface area contributed by atoms with Crippen molar-refractivity contribution in [2.75, 3.05) is 20.3 Å². The Morgan fingerprint density at radius 2 is 2.47 bits per heavy atom. The van der Waals surface area contributed by atoms with Crippen molar-refractivity contribution in [3.8, 4) is 0 Å². The van der Waals surface area contributed by atoms with Crippen molar-refractivity contribution in [1.29, 1.82) is 0 Å². The van der Waals surface area contributed by atoms with Crippen molar-refractivity contribution in [3.63, 3.8) is 0 Å². The molecule has 1 aromatic rings. The average Bonchev–Trinajstić information content (AvgIpc) is 2.87. The van der Waals surface area contributed by atoms with Gasteiger partial charge in [-0.1, -0.05) is 0 Å². The Kier molecular flexibility index (Phi) is 3.41. The third-order valence-electron chi connectivity index (χ3n) is 2.97. The molecule has 2 rings (SSSR count). The van der Waals surface area contributed by atoms with Crippen LogP contribution in [0.4, 0.5) is 0 Å². The van der Waals surface area contributed by atoms with Crippen LogP contribution in [0.1, 0.15) is 17.7 Å². The molecule has 0 radical (unpaired) electrons. The summed E-state index contributed by atoms with van der Waals surface area (Å²) in [5.41, 5.74) is 6.77. The van der Waals surface area contributed by atoms with Crippen molar-refractivity contribution >= 4 is 0 Å². The summed E-state index contributed by atoms with van der Waals surface area (Å²) in [4.78, 5) is 2.30. The first-order valence-electron chi connectivity index (χ1n) is 5.34. The minimum absolute atomic E-state index is 0.470. The average molecular weight is 210 g/mol. The molecule has 15 heavy (non-hydrogen) atoms. The molecule has 0 aliphatic carbocycles. The van der Waals surface area contributed by atoms with E-state index in [-0.39, 0.29) is 0 Å². The molecule has 0 saturated carbocycles. The highest BCUT2D eigenvalue weighted by Crippen LogP contribution is 2.17. The summed E-state index contributed by atoms with van der Waals surface area (Å²) in [6.07, 6.45) is 2.82. The molecule has 2 N–H and O–H groups in total. The molecule has 0 bridgehead atoms. The van der Waals surface area contributed by atoms with Gasteiger partial charge in [-0.3, -0.25) is 4.90 Å². The Balaban J connectivity index is 1.95. The molecular formula is C11H18N2O2. The van der Waals surface area contributed by atoms with E-state index in [1.807, 2.05) is 6.07 Å². The monoisotopic (exact) mass is 210 g/mol. The minimum atomic E-state index is 0.470. The number of rotatable bonds is 4. The van der Waals surface area contributed by atoms with Crippen LogP contribution < -0.4 is 5.73 Å². The Morgan fingerprint density at radius 3 is 3.13 bits per heavy atom. The quantitative estimate of drug-likeness (QED) is 0.804. The smallest absolute Gasteiger partial charge is 0.121 e. The predicted molar refractivity (Wildman–Crippen MR) is 57.3 cm³/mol. The van der Waals surface area contributed by atoms with E-state index in [2.05, 4.69) is 11.9 Å². The molecule has 1 aliphatic heterocycles. The van der Waals surface area contributed by atoms with Gasteiger partial charge in [-0.05, 0) is 19.5 Å². The summed E-state index contributed by atoms with van der Waals surface area (Å²) < 4.78 is 10.7. The highest BCUT2D eigenvalue weighted by molar-refractivity contribution is 5.16. The van der Waals surface area contributed by atoms with E-state index < -0.39 is 0 Å². The largest absolute Gasteiger partial charge is 0.468 e. The topological polar surface area (TPSA) is 51.6 Å². The first kappa shape index (κ1) is 10.7. The Morgan fingerprint density at radius 1 is 1.60 bits per heavy atom. The van der Waals surface area contributed by atoms with Crippen LogP contribution in [0.3, 0.4) is 0 Å². The van der Waals surface area contributed by atoms with Crippen LogP contribution in [0, 0.1) is 0 Å². The van der Waals surface area contributed by atoms with E-state index in [1.165, 1.54) is 5.56 Å². The van der Waals surface area contributed by atoms with Crippen LogP contribution in [0.2, 0.25) is 0 Å². The lowest BCUT2D eigenvalue weighted by Crippen LogP contribution is -2.31. The van der Waals surface area contributed by atoms with E-state index >= 15 is 0 Å². The molecule has 1 aromatic heterocycles. The number of nitrogens with zero attached hydrogens (tertiary/aromatic N) is 1. The summed E-state index contributed by atoms with van der Waals surface area (Å²) in [6.45, 7) is 3.07. The second-order valence-electron chi connectivity index (χ2n) is 4.01. The van der Waals surface area contributed by atoms with Gasteiger partial charge in [-0.25, -0.2) is 0 Å². The number of nitrogens with two attached hydrogens (primary N) is 1. The fraction of sp³-hybridized carbons (Fsp3) is 0.636. The number of hydrogen-bond acceptors (Lipinski definition) is 4. The van der Waals surface area contributed by atoms with E-state index in [9.17, 15) is 0 Å². The molecule has 1 unspecified atom stereocenters. The summed E-state index contributed by atoms with van der Waals surface area (Å²) >= 11 is 0. The van der Waals surface area contributed by atoms with Crippen LogP contribution in [0.5, 0.6) is 0 Å². The summed E-state index contributed by atoms with van der Waals surface area (Å²) in [5, 5.41) is 0. The van der Waals surface area contributed by atoms with E-state index in [0.717, 1.165) is 31.9 Å². The minimum Gasteiger partial charge on any atom is -0.468 e. The first-order chi connectivity index (χ1) is 7.31. The lowest BCUT2D eigenvalue weighted by molar-refractivity contribution is 0.156. The second kappa shape index (κ2) is 4.79. The molecule has 1 aliphatic rings. The molecule has 1 atom stereocenters. The second-order valence-corrected chi connectivity index (χ2v) is 4.01. The summed E-state index contributed by atoms with van der Waals surface area (Å²) in [6, 6.07) is 2.53. The lowest BCUT2D eigenvalue weighted by Gasteiger charge is -2.22. The molecule has 0 aromatic carbocycles. The van der Waals surface area contributed by atoms with Gasteiger partial charge in [0.05, 0.1) is 19.4 Å². The zero-order valence-electron chi connectivity index (χ0n) is 9.11. The molecule has 1 fully saturated rings. The van der Waals surface area contributed by atoms with Gasteiger partial charge in [0.1, 0.15) is 5.76 Å². The standard InChI is InChI=1S/C11H18N2O2/c1-13(10-3-4-14-8-10)7-9-2-5-15-11(9)6-12/h2,5,10H,3-4,6-8,12H2,1H3. The van der Waals surface area contributed by atoms with Gasteiger partial charge in [0, 0.05) is 24.8 Å². The van der Waals surface area contributed by atoms with Crippen LogP contribution in [0.25, 0.3) is 0 Å². The Bertz CT molecular complexity index is 305. The van der Waals surface area contributed by atoms with Crippen molar-refractivity contribution in [1.82, 2.24) is 4.90 Å². The van der Waals surface area contributed by atoms with Crippen molar-refractivity contribution in [2.24, 2.45) is 5.73 Å². The van der Waals surface area contributed by atoms with Gasteiger partial charge >= 0.3 is 0 Å². The normalized spacial score (nSPS) is 21.4. The fourth-order valence-corrected chi connectivity index (χ4v) is 1.95. The lowest BCUT2D eigenvalue weighted by atomic mass is 10.2. The third-order valence-corrected chi connectivity index (χ3v) is 2.97. The highest BCUT2D eigenvalue weighted by Gasteiger charge is 2.21. The Labute approximate surface area is 90.0 Å². The van der Waals surface area contributed by atoms with E-state index in [4.69, 9.17) is 14.9 Å². The highest BCUT2D eigenvalue weighted by atomic mass is 16.5. The van der Waals surface area contributed by atoms with Crippen LogP contribution >= 0.6 is 0 Å². The molecular weight excluding hydrogens is 192 g/mol. The van der Waals surface area contributed by atoms with Gasteiger partial charge in [0.25, 0.3) is 0 Å². The predicted octanol–water partition coefficient (Wildman–Crippen LogP) is 0.959. The number of likely N-dealkylation sites (N-methyl/N-ethyl adjacent to an activating group) is 1. The van der Waals surface area contributed by atoms with Crippen molar-refractivity contribution in [2.45, 2.75) is 25.6 Å². The zero-order valence-corrected chi connectivity index (χ0v) is 9.11. The summed E-state index contributed by atoms with van der Waals surface area (Å²) in [7, 11) is 2.12. The maximum atomic E-state index is 5.59. The maximum Gasteiger partial charge on any atom is 0.121 e. The van der Waals surface area contributed by atoms with Crippen molar-refractivity contribution in [3.05, 3.63) is 23.7 Å². The molecule has 4 heteroatoms. The molecule has 84 valence electrons. The number of hydrogen-bond donors (Lipinski definition) is 1. The SMILES string of the molecule is CN(Cc1ccoc1CN)C1CCOC1. The molecule has 0 spiro atoms. The van der Waals surface area contributed by atoms with Crippen LogP contribution in [-0.4, -0.2) is 31.2 Å². The number of ether oxygens (including phenoxy) is 1. The van der Waals surface area contributed by atoms with Crippen LogP contribution in [0.15, 0.2) is 16.7 Å². The van der Waals surface area contributed by atoms with Gasteiger partial charge < -0.3 is 14.9 Å². The fourth-order valence-electron chi connectivity index (χ4n) is 1.95. The molecule has 2 heterocycles. The first-order valence-corrected chi connectivity index (χ1v) is 5.34. The van der Waals surface area contributed by atoms with E-state index in [1.54, 1.807) is 6.26 Å². The van der Waals surface area contributed by atoms with Gasteiger partial charge in [-0.2, -0.15) is 0 Å². The van der Waals surface area contributed by atoms with Gasteiger partial charge in [-0.15, -0.1) is 0 Å².